The molecule has 2 N–H and O–H groups in total. The van der Waals surface area contributed by atoms with Gasteiger partial charge >= 0.3 is 0 Å². The van der Waals surface area contributed by atoms with Gasteiger partial charge in [-0.3, -0.25) is 4.57 Å². The zero-order chi connectivity index (χ0) is 8.04. The Balaban J connectivity index is 3.13. The molecule has 0 saturated carbocycles. The quantitative estimate of drug-likeness (QED) is 0.476. The van der Waals surface area contributed by atoms with Crippen LogP contribution in [0.1, 0.15) is 19.8 Å². The van der Waals surface area contributed by atoms with Crippen molar-refractivity contribution in [1.29, 1.82) is 0 Å². The minimum atomic E-state index is -2.82. The maximum Gasteiger partial charge on any atom is 0.210 e. The Morgan fingerprint density at radius 3 is 2.60 bits per heavy atom. The average molecular weight is 165 g/mol. The van der Waals surface area contributed by atoms with Crippen molar-refractivity contribution in [1.82, 2.24) is 5.32 Å². The molecule has 0 spiro atoms. The predicted molar refractivity (Wildman–Crippen MR) is 43.5 cm³/mol. The van der Waals surface area contributed by atoms with E-state index >= 15 is 0 Å². The van der Waals surface area contributed by atoms with Crippen LogP contribution in [0.25, 0.3) is 0 Å². The summed E-state index contributed by atoms with van der Waals surface area (Å²) in [6.45, 7) is 4.30. The largest absolute Gasteiger partial charge is 0.344 e. The monoisotopic (exact) mass is 165 g/mol. The summed E-state index contributed by atoms with van der Waals surface area (Å²) in [6, 6.07) is 0. The highest BCUT2D eigenvalue weighted by molar-refractivity contribution is 7.57. The van der Waals surface area contributed by atoms with Crippen LogP contribution in [-0.4, -0.2) is 24.4 Å². The van der Waals surface area contributed by atoms with Gasteiger partial charge in [-0.2, -0.15) is 0 Å². The number of unbranched alkanes of at least 4 members (excludes halogenated alkanes) is 1. The zero-order valence-electron chi connectivity index (χ0n) is 6.63. The summed E-state index contributed by atoms with van der Waals surface area (Å²) >= 11 is 0. The molecule has 0 aliphatic carbocycles. The fourth-order valence-electron chi connectivity index (χ4n) is 0.588. The average Bonchev–Trinajstić information content (AvgIpc) is 1.78. The van der Waals surface area contributed by atoms with E-state index in [4.69, 9.17) is 4.89 Å². The van der Waals surface area contributed by atoms with Crippen LogP contribution in [0.15, 0.2) is 0 Å². The van der Waals surface area contributed by atoms with Gasteiger partial charge in [-0.05, 0) is 13.0 Å². The smallest absolute Gasteiger partial charge is 0.210 e. The van der Waals surface area contributed by atoms with Crippen molar-refractivity contribution in [3.05, 3.63) is 0 Å². The van der Waals surface area contributed by atoms with E-state index in [0.29, 0.717) is 0 Å². The molecule has 0 saturated heterocycles. The highest BCUT2D eigenvalue weighted by Crippen LogP contribution is 2.32. The Kier molecular flexibility index (Phi) is 4.96. The Bertz CT molecular complexity index is 121. The lowest BCUT2D eigenvalue weighted by Gasteiger charge is -2.05. The molecule has 1 atom stereocenters. The SMILES string of the molecule is CCCCNCP(C)(=O)O. The molecule has 1 unspecified atom stereocenters. The summed E-state index contributed by atoms with van der Waals surface area (Å²) in [6.07, 6.45) is 2.43. The van der Waals surface area contributed by atoms with Crippen LogP contribution in [0.5, 0.6) is 0 Å². The second-order valence-corrected chi connectivity index (χ2v) is 4.98. The maximum atomic E-state index is 10.7. The third-order valence-corrected chi connectivity index (χ3v) is 1.92. The van der Waals surface area contributed by atoms with E-state index in [9.17, 15) is 4.57 Å². The van der Waals surface area contributed by atoms with E-state index < -0.39 is 7.37 Å². The zero-order valence-corrected chi connectivity index (χ0v) is 7.53. The molecule has 0 aromatic carbocycles. The second kappa shape index (κ2) is 4.89. The van der Waals surface area contributed by atoms with Crippen molar-refractivity contribution >= 4 is 7.37 Å². The Morgan fingerprint density at radius 1 is 1.60 bits per heavy atom. The first-order valence-corrected chi connectivity index (χ1v) is 5.85. The van der Waals surface area contributed by atoms with E-state index in [1.807, 2.05) is 0 Å². The van der Waals surface area contributed by atoms with Crippen LogP contribution in [0.4, 0.5) is 0 Å². The lowest BCUT2D eigenvalue weighted by Crippen LogP contribution is -2.16. The Labute approximate surface area is 62.3 Å². The Hall–Kier alpha value is 0.150. The molecule has 3 nitrogen and oxygen atoms in total. The molecule has 0 heterocycles. The van der Waals surface area contributed by atoms with Crippen molar-refractivity contribution in [2.75, 3.05) is 19.5 Å². The Morgan fingerprint density at radius 2 is 2.20 bits per heavy atom. The summed E-state index contributed by atoms with van der Waals surface area (Å²) < 4.78 is 10.7. The highest BCUT2D eigenvalue weighted by atomic mass is 31.2. The van der Waals surface area contributed by atoms with Gasteiger partial charge in [0, 0.05) is 6.66 Å². The van der Waals surface area contributed by atoms with Gasteiger partial charge in [0.15, 0.2) is 0 Å². The first-order chi connectivity index (χ1) is 4.56. The standard InChI is InChI=1S/C6H16NO2P/c1-3-4-5-7-6-10(2,8)9/h7H,3-6H2,1-2H3,(H,8,9). The molecule has 0 aliphatic rings. The van der Waals surface area contributed by atoms with E-state index in [-0.39, 0.29) is 6.29 Å². The first-order valence-electron chi connectivity index (χ1n) is 3.56. The van der Waals surface area contributed by atoms with Gasteiger partial charge in [0.25, 0.3) is 0 Å². The van der Waals surface area contributed by atoms with Gasteiger partial charge < -0.3 is 10.2 Å². The molecule has 62 valence electrons. The molecule has 0 amide bonds. The van der Waals surface area contributed by atoms with Crippen LogP contribution < -0.4 is 5.32 Å². The lowest BCUT2D eigenvalue weighted by molar-refractivity contribution is 0.477. The number of hydrogen-bond donors (Lipinski definition) is 2. The molecule has 0 aromatic rings. The third-order valence-electron chi connectivity index (χ3n) is 1.11. The maximum absolute atomic E-state index is 10.7. The molecule has 0 fully saturated rings. The van der Waals surface area contributed by atoms with Gasteiger partial charge in [0.1, 0.15) is 0 Å². The summed E-state index contributed by atoms with van der Waals surface area (Å²) in [5, 5.41) is 2.91. The minimum absolute atomic E-state index is 0.243. The molecule has 10 heavy (non-hydrogen) atoms. The van der Waals surface area contributed by atoms with E-state index in [1.54, 1.807) is 0 Å². The molecule has 0 bridgehead atoms. The van der Waals surface area contributed by atoms with Crippen molar-refractivity contribution in [2.45, 2.75) is 19.8 Å². The second-order valence-electron chi connectivity index (χ2n) is 2.56. The normalized spacial score (nSPS) is 16.7. The topological polar surface area (TPSA) is 49.3 Å². The van der Waals surface area contributed by atoms with Gasteiger partial charge in [-0.1, -0.05) is 13.3 Å². The predicted octanol–water partition coefficient (Wildman–Crippen LogP) is 1.23. The van der Waals surface area contributed by atoms with Crippen molar-refractivity contribution in [3.63, 3.8) is 0 Å². The molecular formula is C6H16NO2P. The van der Waals surface area contributed by atoms with Crippen molar-refractivity contribution in [3.8, 4) is 0 Å². The number of rotatable bonds is 5. The molecular weight excluding hydrogens is 149 g/mol. The van der Waals surface area contributed by atoms with Crippen molar-refractivity contribution < 1.29 is 9.46 Å². The van der Waals surface area contributed by atoms with Crippen LogP contribution in [-0.2, 0) is 4.57 Å². The van der Waals surface area contributed by atoms with Crippen LogP contribution in [0, 0.1) is 0 Å². The molecule has 0 rings (SSSR count). The summed E-state index contributed by atoms with van der Waals surface area (Å²) in [5.74, 6) is 0. The summed E-state index contributed by atoms with van der Waals surface area (Å²) in [7, 11) is -2.82. The van der Waals surface area contributed by atoms with Gasteiger partial charge in [0.2, 0.25) is 7.37 Å². The van der Waals surface area contributed by atoms with Crippen LogP contribution in [0.2, 0.25) is 0 Å². The van der Waals surface area contributed by atoms with Crippen molar-refractivity contribution in [2.24, 2.45) is 0 Å². The summed E-state index contributed by atoms with van der Waals surface area (Å²) in [5.41, 5.74) is 0. The minimum Gasteiger partial charge on any atom is -0.344 e. The number of hydrogen-bond acceptors (Lipinski definition) is 2. The molecule has 0 radical (unpaired) electrons. The fourth-order valence-corrected chi connectivity index (χ4v) is 1.16. The van der Waals surface area contributed by atoms with Crippen LogP contribution in [0.3, 0.4) is 0 Å². The number of nitrogens with one attached hydrogen (secondary N) is 1. The third kappa shape index (κ3) is 8.15. The van der Waals surface area contributed by atoms with E-state index in [0.717, 1.165) is 19.4 Å². The molecule has 0 aromatic heterocycles. The van der Waals surface area contributed by atoms with Gasteiger partial charge in [0.05, 0.1) is 6.29 Å². The lowest BCUT2D eigenvalue weighted by atomic mass is 10.3. The van der Waals surface area contributed by atoms with Crippen LogP contribution >= 0.6 is 7.37 Å². The van der Waals surface area contributed by atoms with Gasteiger partial charge in [-0.15, -0.1) is 0 Å². The van der Waals surface area contributed by atoms with E-state index in [2.05, 4.69) is 12.2 Å². The molecule has 0 aliphatic heterocycles. The van der Waals surface area contributed by atoms with Gasteiger partial charge in [-0.25, -0.2) is 0 Å². The summed E-state index contributed by atoms with van der Waals surface area (Å²) in [4.78, 5) is 8.81. The first kappa shape index (κ1) is 10.2. The highest BCUT2D eigenvalue weighted by Gasteiger charge is 2.06. The molecule has 4 heteroatoms. The fraction of sp³-hybridized carbons (Fsp3) is 1.00. The van der Waals surface area contributed by atoms with E-state index in [1.165, 1.54) is 6.66 Å².